The molecule has 0 rings (SSSR count). The first-order valence-electron chi connectivity index (χ1n) is 2.17. The van der Waals surface area contributed by atoms with Gasteiger partial charge in [-0.15, -0.1) is 10.1 Å². The summed E-state index contributed by atoms with van der Waals surface area (Å²) >= 11 is 0. The van der Waals surface area contributed by atoms with Gasteiger partial charge in [0.1, 0.15) is 0 Å². The normalized spacial score (nSPS) is 6.00. The van der Waals surface area contributed by atoms with E-state index in [4.69, 9.17) is 25.5 Å². The summed E-state index contributed by atoms with van der Waals surface area (Å²) in [6.07, 6.45) is 0. The number of rotatable bonds is 0. The molecule has 10 heteroatoms. The van der Waals surface area contributed by atoms with Crippen LogP contribution in [0.3, 0.4) is 0 Å². The van der Waals surface area contributed by atoms with Crippen molar-refractivity contribution in [1.29, 1.82) is 5.41 Å². The molecule has 0 atom stereocenters. The molecule has 0 spiro atoms. The van der Waals surface area contributed by atoms with Gasteiger partial charge in [-0.2, -0.15) is 0 Å². The number of nitrogens with one attached hydrogen (secondary N) is 1. The molecule has 0 aliphatic heterocycles. The van der Waals surface area contributed by atoms with Crippen LogP contribution < -0.4 is 22.9 Å². The topological polar surface area (TPSA) is 208 Å². The maximum Gasteiger partial charge on any atom is 0.309 e. The molecule has 0 aliphatic carbocycles. The molecule has 10 N–H and O–H groups in total. The fourth-order valence-electron chi connectivity index (χ4n) is 0. The Morgan fingerprint density at radius 3 is 1.33 bits per heavy atom. The number of primary amides is 2. The number of nitrogens with two attached hydrogens (primary N) is 4. The Bertz CT molecular complexity index is 115. The molecule has 0 bridgehead atoms. The van der Waals surface area contributed by atoms with Gasteiger partial charge in [0.15, 0.2) is 5.96 Å². The quantitative estimate of drug-likeness (QED) is 0.103. The molecule has 0 saturated heterocycles. The van der Waals surface area contributed by atoms with Crippen LogP contribution in [0.4, 0.5) is 4.79 Å². The standard InChI is InChI=1S/CH5N3.CH4N2O.HNO3/c3*2-1(3)4/h(H5,2,3,4);(H4,2,3,4);(H,2,3,4). The van der Waals surface area contributed by atoms with Crippen molar-refractivity contribution in [3.63, 3.8) is 0 Å². The number of hydrogen-bond donors (Lipinski definition) is 6. The second-order valence-electron chi connectivity index (χ2n) is 1.10. The highest BCUT2D eigenvalue weighted by atomic mass is 16.9. The molecule has 2 amide bonds. The third-order valence-corrected chi connectivity index (χ3v) is 0. The number of carbonyl (C=O) groups is 1. The highest BCUT2D eigenvalue weighted by Crippen LogP contribution is 1.38. The van der Waals surface area contributed by atoms with Gasteiger partial charge in [0.25, 0.3) is 5.09 Å². The van der Waals surface area contributed by atoms with Gasteiger partial charge in [-0.25, -0.2) is 4.79 Å². The maximum absolute atomic E-state index is 9.00. The van der Waals surface area contributed by atoms with Crippen molar-refractivity contribution in [3.8, 4) is 0 Å². The summed E-state index contributed by atoms with van der Waals surface area (Å²) in [5.74, 6) is -0.333. The Hall–Kier alpha value is -2.26. The smallest absolute Gasteiger partial charge is 0.309 e. The average molecular weight is 182 g/mol. The number of urea groups is 1. The first-order valence-corrected chi connectivity index (χ1v) is 2.17. The van der Waals surface area contributed by atoms with E-state index in [1.807, 2.05) is 0 Å². The molecular formula is C2H10N6O4. The lowest BCUT2D eigenvalue weighted by Crippen LogP contribution is -2.20. The molecule has 0 fully saturated rings. The van der Waals surface area contributed by atoms with Crippen LogP contribution in [0.1, 0.15) is 0 Å². The van der Waals surface area contributed by atoms with E-state index in [1.54, 1.807) is 0 Å². The van der Waals surface area contributed by atoms with E-state index >= 15 is 0 Å². The predicted molar refractivity (Wildman–Crippen MR) is 38.7 cm³/mol. The van der Waals surface area contributed by atoms with Crippen molar-refractivity contribution in [2.75, 3.05) is 0 Å². The van der Waals surface area contributed by atoms with Crippen molar-refractivity contribution in [2.45, 2.75) is 0 Å². The third kappa shape index (κ3) is 68.8. The fraction of sp³-hybridized carbons (Fsp3) is 0. The van der Waals surface area contributed by atoms with Gasteiger partial charge in [-0.1, -0.05) is 0 Å². The Kier molecular flexibility index (Phi) is 15.7. The molecule has 0 radical (unpaired) electrons. The molecule has 0 aromatic rings. The van der Waals surface area contributed by atoms with Crippen LogP contribution in [-0.4, -0.2) is 22.3 Å². The number of hydrogen-bond acceptors (Lipinski definition) is 4. The van der Waals surface area contributed by atoms with E-state index in [1.165, 1.54) is 0 Å². The monoisotopic (exact) mass is 182 g/mol. The van der Waals surface area contributed by atoms with Crippen LogP contribution in [-0.2, 0) is 0 Å². The fourth-order valence-corrected chi connectivity index (χ4v) is 0. The summed E-state index contributed by atoms with van der Waals surface area (Å²) < 4.78 is 0. The van der Waals surface area contributed by atoms with Crippen molar-refractivity contribution in [1.82, 2.24) is 0 Å². The van der Waals surface area contributed by atoms with E-state index in [2.05, 4.69) is 22.9 Å². The van der Waals surface area contributed by atoms with Crippen LogP contribution in [0.25, 0.3) is 0 Å². The van der Waals surface area contributed by atoms with Crippen LogP contribution in [0, 0.1) is 15.5 Å². The summed E-state index contributed by atoms with van der Waals surface area (Å²) in [7, 11) is 0. The van der Waals surface area contributed by atoms with Crippen molar-refractivity contribution in [2.24, 2.45) is 22.9 Å². The average Bonchev–Trinajstić information content (AvgIpc) is 1.54. The van der Waals surface area contributed by atoms with Crippen molar-refractivity contribution >= 4 is 12.0 Å². The van der Waals surface area contributed by atoms with E-state index in [9.17, 15) is 0 Å². The SMILES string of the molecule is N=C(N)N.NC(N)=O.O=[N+]([O-])O. The Balaban J connectivity index is -0.000000101. The molecule has 0 heterocycles. The lowest BCUT2D eigenvalue weighted by molar-refractivity contribution is -0.742. The zero-order chi connectivity index (χ0) is 10.7. The second kappa shape index (κ2) is 11.5. The zero-order valence-corrected chi connectivity index (χ0v) is 5.93. The summed E-state index contributed by atoms with van der Waals surface area (Å²) in [5, 5.41) is 19.7. The van der Waals surface area contributed by atoms with Crippen molar-refractivity contribution in [3.05, 3.63) is 10.1 Å². The van der Waals surface area contributed by atoms with E-state index in [0.717, 1.165) is 0 Å². The Morgan fingerprint density at radius 2 is 1.33 bits per heavy atom. The molecule has 12 heavy (non-hydrogen) atoms. The lowest BCUT2D eigenvalue weighted by atomic mass is 11.1. The van der Waals surface area contributed by atoms with Gasteiger partial charge < -0.3 is 28.1 Å². The van der Waals surface area contributed by atoms with E-state index in [0.29, 0.717) is 0 Å². The summed E-state index contributed by atoms with van der Waals surface area (Å²) in [6.45, 7) is 0. The minimum atomic E-state index is -1.50. The molecule has 10 nitrogen and oxygen atoms in total. The van der Waals surface area contributed by atoms with Crippen molar-refractivity contribution < 1.29 is 15.1 Å². The van der Waals surface area contributed by atoms with Crippen LogP contribution >= 0.6 is 0 Å². The largest absolute Gasteiger partial charge is 0.370 e. The molecule has 0 unspecified atom stereocenters. The number of carbonyl (C=O) groups excluding carboxylic acids is 1. The molecular weight excluding hydrogens is 172 g/mol. The Labute approximate surface area is 66.7 Å². The predicted octanol–water partition coefficient (Wildman–Crippen LogP) is -2.49. The number of nitrogens with zero attached hydrogens (tertiary/aromatic N) is 1. The van der Waals surface area contributed by atoms with Crippen LogP contribution in [0.15, 0.2) is 0 Å². The van der Waals surface area contributed by atoms with Crippen LogP contribution in [0.5, 0.6) is 0 Å². The first-order chi connectivity index (χ1) is 5.20. The summed E-state index contributed by atoms with van der Waals surface area (Å²) in [6, 6.07) is -0.833. The molecule has 0 aromatic heterocycles. The summed E-state index contributed by atoms with van der Waals surface area (Å²) in [5.41, 5.74) is 17.4. The van der Waals surface area contributed by atoms with Gasteiger partial charge in [0, 0.05) is 0 Å². The van der Waals surface area contributed by atoms with Gasteiger partial charge in [-0.05, 0) is 0 Å². The lowest BCUT2D eigenvalue weighted by Gasteiger charge is -1.69. The molecule has 72 valence electrons. The maximum atomic E-state index is 9.00. The van der Waals surface area contributed by atoms with Crippen LogP contribution in [0.2, 0.25) is 0 Å². The first kappa shape index (κ1) is 16.4. The third-order valence-electron chi connectivity index (χ3n) is 0. The molecule has 0 saturated carbocycles. The minimum Gasteiger partial charge on any atom is -0.370 e. The zero-order valence-electron chi connectivity index (χ0n) is 5.93. The summed E-state index contributed by atoms with van der Waals surface area (Å²) in [4.78, 5) is 17.4. The minimum absolute atomic E-state index is 0.333. The molecule has 0 aromatic carbocycles. The number of guanidine groups is 1. The van der Waals surface area contributed by atoms with E-state index < -0.39 is 11.1 Å². The molecule has 0 aliphatic rings. The highest BCUT2D eigenvalue weighted by Gasteiger charge is 1.65. The van der Waals surface area contributed by atoms with E-state index in [-0.39, 0.29) is 5.96 Å². The highest BCUT2D eigenvalue weighted by molar-refractivity contribution is 5.71. The van der Waals surface area contributed by atoms with Gasteiger partial charge in [0.05, 0.1) is 0 Å². The number of amides is 2. The Morgan fingerprint density at radius 1 is 1.33 bits per heavy atom. The van der Waals surface area contributed by atoms with Gasteiger partial charge in [-0.3, -0.25) is 5.41 Å². The van der Waals surface area contributed by atoms with Gasteiger partial charge in [0.2, 0.25) is 0 Å². The van der Waals surface area contributed by atoms with Gasteiger partial charge >= 0.3 is 6.03 Å². The second-order valence-corrected chi connectivity index (χ2v) is 1.10.